The molecule has 0 saturated heterocycles. The van der Waals surface area contributed by atoms with Gasteiger partial charge in [-0.25, -0.2) is 0 Å². The van der Waals surface area contributed by atoms with Crippen molar-refractivity contribution in [2.45, 2.75) is 12.7 Å². The van der Waals surface area contributed by atoms with E-state index in [0.29, 0.717) is 29.7 Å². The molecule has 0 saturated carbocycles. The van der Waals surface area contributed by atoms with Crippen LogP contribution in [0, 0.1) is 6.92 Å². The van der Waals surface area contributed by atoms with Gasteiger partial charge in [-0.15, -0.1) is 11.8 Å². The van der Waals surface area contributed by atoms with E-state index >= 15 is 0 Å². The molecule has 3 nitrogen and oxygen atoms in total. The number of para-hydroxylation sites is 1. The van der Waals surface area contributed by atoms with E-state index in [1.165, 1.54) is 11.1 Å². The Bertz CT molecular complexity index is 631. The number of rotatable bonds is 8. The SMILES string of the molecule is Cc1ccc(CSCC(=O)NCCOc2ccccc2Cl)cc1. The summed E-state index contributed by atoms with van der Waals surface area (Å²) >= 11 is 7.59. The van der Waals surface area contributed by atoms with Gasteiger partial charge in [0.1, 0.15) is 12.4 Å². The van der Waals surface area contributed by atoms with Crippen LogP contribution in [0.2, 0.25) is 5.02 Å². The fourth-order valence-corrected chi connectivity index (χ4v) is 2.92. The van der Waals surface area contributed by atoms with Gasteiger partial charge in [-0.1, -0.05) is 53.6 Å². The Balaban J connectivity index is 1.58. The molecule has 2 aromatic carbocycles. The van der Waals surface area contributed by atoms with Crippen molar-refractivity contribution in [3.63, 3.8) is 0 Å². The van der Waals surface area contributed by atoms with Crippen molar-refractivity contribution in [1.82, 2.24) is 5.32 Å². The van der Waals surface area contributed by atoms with Gasteiger partial charge < -0.3 is 10.1 Å². The second-order valence-corrected chi connectivity index (χ2v) is 6.50. The van der Waals surface area contributed by atoms with Crippen LogP contribution in [-0.2, 0) is 10.5 Å². The summed E-state index contributed by atoms with van der Waals surface area (Å²) in [6.07, 6.45) is 0. The molecule has 0 radical (unpaired) electrons. The van der Waals surface area contributed by atoms with E-state index < -0.39 is 0 Å². The summed E-state index contributed by atoms with van der Waals surface area (Å²) in [6, 6.07) is 15.7. The summed E-state index contributed by atoms with van der Waals surface area (Å²) in [5, 5.41) is 3.42. The number of ether oxygens (including phenoxy) is 1. The third kappa shape index (κ3) is 6.55. The number of aryl methyl sites for hydroxylation is 1. The number of carbonyl (C=O) groups is 1. The highest BCUT2D eigenvalue weighted by Crippen LogP contribution is 2.22. The summed E-state index contributed by atoms with van der Waals surface area (Å²) in [6.45, 7) is 2.93. The molecule has 0 fully saturated rings. The first-order valence-electron chi connectivity index (χ1n) is 7.42. The zero-order valence-electron chi connectivity index (χ0n) is 13.0. The lowest BCUT2D eigenvalue weighted by molar-refractivity contribution is -0.118. The van der Waals surface area contributed by atoms with Crippen molar-refractivity contribution in [3.8, 4) is 5.75 Å². The molecule has 0 bridgehead atoms. The van der Waals surface area contributed by atoms with Crippen molar-refractivity contribution in [1.29, 1.82) is 0 Å². The molecule has 0 spiro atoms. The summed E-state index contributed by atoms with van der Waals surface area (Å²) in [5.74, 6) is 1.94. The van der Waals surface area contributed by atoms with E-state index in [0.717, 1.165) is 5.75 Å². The van der Waals surface area contributed by atoms with Gasteiger partial charge in [-0.3, -0.25) is 4.79 Å². The lowest BCUT2D eigenvalue weighted by atomic mass is 10.2. The summed E-state index contributed by atoms with van der Waals surface area (Å²) < 4.78 is 5.52. The molecule has 5 heteroatoms. The maximum atomic E-state index is 11.8. The molecule has 0 heterocycles. The van der Waals surface area contributed by atoms with Crippen LogP contribution >= 0.6 is 23.4 Å². The van der Waals surface area contributed by atoms with Crippen LogP contribution in [0.3, 0.4) is 0 Å². The second-order valence-electron chi connectivity index (χ2n) is 5.11. The number of thioether (sulfide) groups is 1. The van der Waals surface area contributed by atoms with E-state index in [4.69, 9.17) is 16.3 Å². The van der Waals surface area contributed by atoms with E-state index in [1.54, 1.807) is 17.8 Å². The van der Waals surface area contributed by atoms with Gasteiger partial charge in [0.25, 0.3) is 0 Å². The first-order chi connectivity index (χ1) is 11.1. The number of amides is 1. The molecule has 0 aliphatic carbocycles. The highest BCUT2D eigenvalue weighted by atomic mass is 35.5. The van der Waals surface area contributed by atoms with E-state index in [2.05, 4.69) is 36.5 Å². The summed E-state index contributed by atoms with van der Waals surface area (Å²) in [4.78, 5) is 11.8. The zero-order valence-corrected chi connectivity index (χ0v) is 14.6. The number of hydrogen-bond acceptors (Lipinski definition) is 3. The van der Waals surface area contributed by atoms with Gasteiger partial charge in [-0.05, 0) is 24.6 Å². The average molecular weight is 350 g/mol. The fraction of sp³-hybridized carbons (Fsp3) is 0.278. The van der Waals surface area contributed by atoms with Crippen molar-refractivity contribution in [2.24, 2.45) is 0 Å². The standard InChI is InChI=1S/C18H20ClNO2S/c1-14-6-8-15(9-7-14)12-23-13-18(21)20-10-11-22-17-5-3-2-4-16(17)19/h2-9H,10-13H2,1H3,(H,20,21). The topological polar surface area (TPSA) is 38.3 Å². The molecule has 0 aliphatic heterocycles. The Morgan fingerprint density at radius 1 is 1.17 bits per heavy atom. The average Bonchev–Trinajstić information content (AvgIpc) is 2.55. The van der Waals surface area contributed by atoms with Gasteiger partial charge >= 0.3 is 0 Å². The minimum Gasteiger partial charge on any atom is -0.490 e. The fourth-order valence-electron chi connectivity index (χ4n) is 1.91. The molecule has 2 rings (SSSR count). The lowest BCUT2D eigenvalue weighted by Crippen LogP contribution is -2.29. The minimum atomic E-state index is 0.0184. The predicted molar refractivity (Wildman–Crippen MR) is 97.3 cm³/mol. The van der Waals surface area contributed by atoms with E-state index in [1.807, 2.05) is 18.2 Å². The van der Waals surface area contributed by atoms with Gasteiger partial charge in [0.15, 0.2) is 0 Å². The van der Waals surface area contributed by atoms with E-state index in [9.17, 15) is 4.79 Å². The third-order valence-corrected chi connectivity index (χ3v) is 4.46. The highest BCUT2D eigenvalue weighted by Gasteiger charge is 2.03. The minimum absolute atomic E-state index is 0.0184. The van der Waals surface area contributed by atoms with Gasteiger partial charge in [0, 0.05) is 5.75 Å². The largest absolute Gasteiger partial charge is 0.490 e. The third-order valence-electron chi connectivity index (χ3n) is 3.14. The Hall–Kier alpha value is -1.65. The van der Waals surface area contributed by atoms with Crippen LogP contribution < -0.4 is 10.1 Å². The van der Waals surface area contributed by atoms with Crippen LogP contribution in [0.4, 0.5) is 0 Å². The van der Waals surface area contributed by atoms with Gasteiger partial charge in [0.05, 0.1) is 17.3 Å². The molecule has 122 valence electrons. The molecule has 1 N–H and O–H groups in total. The van der Waals surface area contributed by atoms with Crippen LogP contribution in [0.5, 0.6) is 5.75 Å². The zero-order chi connectivity index (χ0) is 16.5. The number of hydrogen-bond donors (Lipinski definition) is 1. The second kappa shape index (κ2) is 9.48. The molecule has 0 unspecified atom stereocenters. The summed E-state index contributed by atoms with van der Waals surface area (Å²) in [5.41, 5.74) is 2.48. The quantitative estimate of drug-likeness (QED) is 0.730. The molecule has 0 atom stereocenters. The van der Waals surface area contributed by atoms with Crippen LogP contribution in [0.25, 0.3) is 0 Å². The molecular formula is C18H20ClNO2S. The first-order valence-corrected chi connectivity index (χ1v) is 8.96. The molecule has 23 heavy (non-hydrogen) atoms. The van der Waals surface area contributed by atoms with Crippen molar-refractivity contribution in [2.75, 3.05) is 18.9 Å². The Kier molecular flexibility index (Phi) is 7.30. The normalized spacial score (nSPS) is 10.3. The Morgan fingerprint density at radius 3 is 2.65 bits per heavy atom. The van der Waals surface area contributed by atoms with Crippen molar-refractivity contribution < 1.29 is 9.53 Å². The molecule has 2 aromatic rings. The molecule has 0 aliphatic rings. The lowest BCUT2D eigenvalue weighted by Gasteiger charge is -2.09. The number of carbonyl (C=O) groups excluding carboxylic acids is 1. The van der Waals surface area contributed by atoms with Gasteiger partial charge in [0.2, 0.25) is 5.91 Å². The number of nitrogens with one attached hydrogen (secondary N) is 1. The molecular weight excluding hydrogens is 330 g/mol. The van der Waals surface area contributed by atoms with Crippen molar-refractivity contribution >= 4 is 29.3 Å². The first kappa shape index (κ1) is 17.7. The Morgan fingerprint density at radius 2 is 1.91 bits per heavy atom. The molecule has 0 aromatic heterocycles. The highest BCUT2D eigenvalue weighted by molar-refractivity contribution is 7.99. The number of benzene rings is 2. The maximum absolute atomic E-state index is 11.8. The summed E-state index contributed by atoms with van der Waals surface area (Å²) in [7, 11) is 0. The van der Waals surface area contributed by atoms with Crippen molar-refractivity contribution in [3.05, 3.63) is 64.7 Å². The van der Waals surface area contributed by atoms with Crippen LogP contribution in [0.15, 0.2) is 48.5 Å². The molecule has 1 amide bonds. The van der Waals surface area contributed by atoms with E-state index in [-0.39, 0.29) is 5.91 Å². The predicted octanol–water partition coefficient (Wildman–Crippen LogP) is 4.08. The monoisotopic (exact) mass is 349 g/mol. The Labute approximate surface area is 146 Å². The van der Waals surface area contributed by atoms with Crippen LogP contribution in [-0.4, -0.2) is 24.8 Å². The maximum Gasteiger partial charge on any atom is 0.230 e. The van der Waals surface area contributed by atoms with Gasteiger partial charge in [-0.2, -0.15) is 0 Å². The van der Waals surface area contributed by atoms with Crippen LogP contribution in [0.1, 0.15) is 11.1 Å². The number of halogens is 1. The smallest absolute Gasteiger partial charge is 0.230 e.